The summed E-state index contributed by atoms with van der Waals surface area (Å²) in [6, 6.07) is 4.58. The molecule has 2 saturated carbocycles. The van der Waals surface area contributed by atoms with E-state index in [4.69, 9.17) is 10.5 Å². The minimum atomic E-state index is -0.700. The summed E-state index contributed by atoms with van der Waals surface area (Å²) in [5, 5.41) is 3.12. The number of methoxy groups -OCH3 is 1. The Balaban J connectivity index is 1.47. The SMILES string of the molecule is COCCN(C(=O)C1CC1)C1CCN(C(=O)c2ccc(F)cc2)[C@@H](C(=O)NCC2CCC(CN)CC2)C1. The maximum absolute atomic E-state index is 13.5. The Labute approximate surface area is 219 Å². The van der Waals surface area contributed by atoms with Crippen molar-refractivity contribution in [1.29, 1.82) is 0 Å². The lowest BCUT2D eigenvalue weighted by molar-refractivity contribution is -0.139. The summed E-state index contributed by atoms with van der Waals surface area (Å²) < 4.78 is 18.7. The van der Waals surface area contributed by atoms with E-state index in [1.165, 1.54) is 24.3 Å². The van der Waals surface area contributed by atoms with Crippen molar-refractivity contribution in [3.05, 3.63) is 35.6 Å². The van der Waals surface area contributed by atoms with Crippen LogP contribution in [0.4, 0.5) is 4.39 Å². The van der Waals surface area contributed by atoms with Gasteiger partial charge in [-0.2, -0.15) is 0 Å². The fourth-order valence-electron chi connectivity index (χ4n) is 5.74. The number of piperidine rings is 1. The third kappa shape index (κ3) is 7.08. The van der Waals surface area contributed by atoms with Crippen molar-refractivity contribution in [1.82, 2.24) is 15.1 Å². The van der Waals surface area contributed by atoms with Gasteiger partial charge in [0.2, 0.25) is 11.8 Å². The van der Waals surface area contributed by atoms with Crippen LogP contribution in [0.1, 0.15) is 61.7 Å². The van der Waals surface area contributed by atoms with E-state index >= 15 is 0 Å². The molecule has 1 aliphatic heterocycles. The molecular weight excluding hydrogens is 475 g/mol. The number of hydrogen-bond acceptors (Lipinski definition) is 5. The number of carbonyl (C=O) groups is 3. The Morgan fingerprint density at radius 2 is 1.73 bits per heavy atom. The van der Waals surface area contributed by atoms with Crippen molar-refractivity contribution in [3.8, 4) is 0 Å². The minimum Gasteiger partial charge on any atom is -0.383 e. The van der Waals surface area contributed by atoms with Gasteiger partial charge in [-0.05, 0) is 94.0 Å². The lowest BCUT2D eigenvalue weighted by Crippen LogP contribution is -2.59. The monoisotopic (exact) mass is 516 g/mol. The van der Waals surface area contributed by atoms with Gasteiger partial charge in [0.05, 0.1) is 6.61 Å². The Hall–Kier alpha value is -2.52. The highest BCUT2D eigenvalue weighted by Gasteiger charge is 2.42. The Morgan fingerprint density at radius 3 is 2.35 bits per heavy atom. The quantitative estimate of drug-likeness (QED) is 0.497. The normalized spacial score (nSPS) is 26.0. The highest BCUT2D eigenvalue weighted by Crippen LogP contribution is 2.34. The molecule has 3 fully saturated rings. The predicted molar refractivity (Wildman–Crippen MR) is 138 cm³/mol. The van der Waals surface area contributed by atoms with Crippen LogP contribution < -0.4 is 11.1 Å². The molecule has 1 unspecified atom stereocenters. The number of hydrogen-bond donors (Lipinski definition) is 2. The molecule has 2 aliphatic carbocycles. The first-order chi connectivity index (χ1) is 17.9. The van der Waals surface area contributed by atoms with Gasteiger partial charge in [0.1, 0.15) is 11.9 Å². The number of nitrogens with two attached hydrogens (primary N) is 1. The zero-order chi connectivity index (χ0) is 26.4. The van der Waals surface area contributed by atoms with Gasteiger partial charge < -0.3 is 25.6 Å². The van der Waals surface area contributed by atoms with Crippen molar-refractivity contribution in [3.63, 3.8) is 0 Å². The fraction of sp³-hybridized carbons (Fsp3) is 0.679. The topological polar surface area (TPSA) is 105 Å². The second kappa shape index (κ2) is 12.8. The van der Waals surface area contributed by atoms with E-state index < -0.39 is 11.9 Å². The summed E-state index contributed by atoms with van der Waals surface area (Å²) in [6.45, 7) is 2.53. The second-order valence-corrected chi connectivity index (χ2v) is 10.9. The van der Waals surface area contributed by atoms with Crippen LogP contribution in [0.2, 0.25) is 0 Å². The van der Waals surface area contributed by atoms with E-state index in [1.807, 2.05) is 4.90 Å². The maximum Gasteiger partial charge on any atom is 0.254 e. The largest absolute Gasteiger partial charge is 0.383 e. The van der Waals surface area contributed by atoms with Crippen LogP contribution in [0.15, 0.2) is 24.3 Å². The molecule has 1 heterocycles. The van der Waals surface area contributed by atoms with Gasteiger partial charge in [0.25, 0.3) is 5.91 Å². The molecule has 0 radical (unpaired) electrons. The van der Waals surface area contributed by atoms with E-state index in [9.17, 15) is 18.8 Å². The molecule has 37 heavy (non-hydrogen) atoms. The number of benzene rings is 1. The average molecular weight is 517 g/mol. The summed E-state index contributed by atoms with van der Waals surface area (Å²) in [5.74, 6) is 0.258. The van der Waals surface area contributed by atoms with Crippen LogP contribution in [0.3, 0.4) is 0 Å². The van der Waals surface area contributed by atoms with Gasteiger partial charge in [0.15, 0.2) is 0 Å². The smallest absolute Gasteiger partial charge is 0.254 e. The molecule has 8 nitrogen and oxygen atoms in total. The molecular formula is C28H41FN4O4. The highest BCUT2D eigenvalue weighted by atomic mass is 19.1. The molecule has 3 N–H and O–H groups in total. The van der Waals surface area contributed by atoms with Crippen LogP contribution in [0.25, 0.3) is 0 Å². The van der Waals surface area contributed by atoms with E-state index in [0.29, 0.717) is 63.0 Å². The Bertz CT molecular complexity index is 931. The van der Waals surface area contributed by atoms with Crippen LogP contribution in [-0.2, 0) is 14.3 Å². The van der Waals surface area contributed by atoms with Crippen molar-refractivity contribution in [2.24, 2.45) is 23.5 Å². The number of nitrogens with one attached hydrogen (secondary N) is 1. The van der Waals surface area contributed by atoms with Crippen LogP contribution in [-0.4, -0.2) is 79.5 Å². The van der Waals surface area contributed by atoms with E-state index in [1.54, 1.807) is 12.0 Å². The predicted octanol–water partition coefficient (Wildman–Crippen LogP) is 2.57. The number of amides is 3. The van der Waals surface area contributed by atoms with Gasteiger partial charge in [-0.1, -0.05) is 0 Å². The van der Waals surface area contributed by atoms with Crippen LogP contribution in [0.5, 0.6) is 0 Å². The number of rotatable bonds is 10. The molecule has 1 aromatic carbocycles. The lowest BCUT2D eigenvalue weighted by atomic mass is 9.82. The summed E-state index contributed by atoms with van der Waals surface area (Å²) >= 11 is 0. The van der Waals surface area contributed by atoms with Gasteiger partial charge in [-0.15, -0.1) is 0 Å². The van der Waals surface area contributed by atoms with Crippen LogP contribution >= 0.6 is 0 Å². The van der Waals surface area contributed by atoms with E-state index in [2.05, 4.69) is 5.32 Å². The maximum atomic E-state index is 13.5. The van der Waals surface area contributed by atoms with Crippen molar-refractivity contribution < 1.29 is 23.5 Å². The van der Waals surface area contributed by atoms with Crippen LogP contribution in [0, 0.1) is 23.6 Å². The number of ether oxygens (including phenoxy) is 1. The molecule has 0 bridgehead atoms. The molecule has 1 saturated heterocycles. The molecule has 3 amide bonds. The fourth-order valence-corrected chi connectivity index (χ4v) is 5.74. The first kappa shape index (κ1) is 27.5. The van der Waals surface area contributed by atoms with Crippen molar-refractivity contribution in [2.45, 2.75) is 63.5 Å². The third-order valence-electron chi connectivity index (χ3n) is 8.28. The van der Waals surface area contributed by atoms with Gasteiger partial charge in [0, 0.05) is 44.3 Å². The molecule has 3 aliphatic rings. The zero-order valence-corrected chi connectivity index (χ0v) is 21.9. The Morgan fingerprint density at radius 1 is 1.05 bits per heavy atom. The minimum absolute atomic E-state index is 0.0617. The second-order valence-electron chi connectivity index (χ2n) is 10.9. The summed E-state index contributed by atoms with van der Waals surface area (Å²) in [7, 11) is 1.61. The Kier molecular flexibility index (Phi) is 9.54. The molecule has 4 rings (SSSR count). The van der Waals surface area contributed by atoms with Crippen molar-refractivity contribution in [2.75, 3.05) is 39.9 Å². The van der Waals surface area contributed by atoms with Gasteiger partial charge >= 0.3 is 0 Å². The molecule has 204 valence electrons. The number of likely N-dealkylation sites (tertiary alicyclic amines) is 1. The highest BCUT2D eigenvalue weighted by molar-refractivity contribution is 5.97. The lowest BCUT2D eigenvalue weighted by Gasteiger charge is -2.43. The molecule has 1 aromatic rings. The molecule has 0 aromatic heterocycles. The summed E-state index contributed by atoms with van der Waals surface area (Å²) in [5.41, 5.74) is 6.17. The van der Waals surface area contributed by atoms with E-state index in [0.717, 1.165) is 38.5 Å². The first-order valence-corrected chi connectivity index (χ1v) is 13.7. The summed E-state index contributed by atoms with van der Waals surface area (Å²) in [6.07, 6.45) is 7.00. The van der Waals surface area contributed by atoms with Gasteiger partial charge in [-0.25, -0.2) is 4.39 Å². The number of halogens is 1. The first-order valence-electron chi connectivity index (χ1n) is 13.7. The third-order valence-corrected chi connectivity index (χ3v) is 8.28. The average Bonchev–Trinajstić information content (AvgIpc) is 3.78. The molecule has 2 atom stereocenters. The number of nitrogens with zero attached hydrogens (tertiary/aromatic N) is 2. The van der Waals surface area contributed by atoms with Gasteiger partial charge in [-0.3, -0.25) is 14.4 Å². The molecule has 9 heteroatoms. The zero-order valence-electron chi connectivity index (χ0n) is 21.9. The molecule has 0 spiro atoms. The van der Waals surface area contributed by atoms with E-state index in [-0.39, 0.29) is 29.7 Å². The number of carbonyl (C=O) groups excluding carboxylic acids is 3. The summed E-state index contributed by atoms with van der Waals surface area (Å²) in [4.78, 5) is 43.5. The van der Waals surface area contributed by atoms with Crippen molar-refractivity contribution >= 4 is 17.7 Å². The standard InChI is InChI=1S/C28H41FN4O4/c1-37-15-14-32(27(35)21-6-7-21)24-12-13-33(28(36)22-8-10-23(29)11-9-22)25(16-24)26(34)31-18-20-4-2-19(17-30)3-5-20/h8-11,19-21,24-25H,2-7,12-18,30H2,1H3,(H,31,34)/t19?,20?,24?,25-/m1/s1.